The van der Waals surface area contributed by atoms with E-state index in [1.165, 1.54) is 13.2 Å². The summed E-state index contributed by atoms with van der Waals surface area (Å²) in [5, 5.41) is 12.7. The third kappa shape index (κ3) is 3.26. The number of rotatable bonds is 4. The van der Waals surface area contributed by atoms with Crippen molar-refractivity contribution in [1.29, 1.82) is 0 Å². The van der Waals surface area contributed by atoms with E-state index in [2.05, 4.69) is 26.3 Å². The van der Waals surface area contributed by atoms with E-state index >= 15 is 0 Å². The van der Waals surface area contributed by atoms with Gasteiger partial charge in [-0.25, -0.2) is 0 Å². The number of esters is 1. The molecule has 0 aromatic heterocycles. The molecule has 1 unspecified atom stereocenters. The number of nitrogens with one attached hydrogen (secondary N) is 1. The van der Waals surface area contributed by atoms with Gasteiger partial charge in [-0.05, 0) is 0 Å². The van der Waals surface area contributed by atoms with Gasteiger partial charge in [-0.2, -0.15) is 0 Å². The molecule has 117 valence electrons. The van der Waals surface area contributed by atoms with Crippen molar-refractivity contribution in [2.45, 2.75) is 19.9 Å². The summed E-state index contributed by atoms with van der Waals surface area (Å²) in [5.41, 5.74) is 1.85. The van der Waals surface area contributed by atoms with Crippen LogP contribution in [0.4, 0.5) is 0 Å². The van der Waals surface area contributed by atoms with Gasteiger partial charge in [-0.3, -0.25) is 0 Å². The quantitative estimate of drug-likeness (QED) is 0.621. The molecule has 0 spiro atoms. The van der Waals surface area contributed by atoms with Crippen molar-refractivity contribution in [3.63, 3.8) is 0 Å². The molecule has 0 aliphatic carbocycles. The summed E-state index contributed by atoms with van der Waals surface area (Å²) in [6.07, 6.45) is 0. The van der Waals surface area contributed by atoms with Crippen LogP contribution in [0.2, 0.25) is 0 Å². The fourth-order valence-electron chi connectivity index (χ4n) is 2.23. The van der Waals surface area contributed by atoms with Crippen LogP contribution in [0.3, 0.4) is 0 Å². The van der Waals surface area contributed by atoms with Crippen LogP contribution in [0.5, 0.6) is 11.5 Å². The van der Waals surface area contributed by atoms with Crippen LogP contribution in [0.1, 0.15) is 25.5 Å². The maximum absolute atomic E-state index is 12.2. The standard InChI is InChI=1S/C15H17N2O4Se/c1-4-21-14(19)12-8(2)16-15(22)17-13(12)9-5-6-10(18)11(7-9)20-3/h5-7,13,18H,4H2,1-3H3,(H,16,17). The summed E-state index contributed by atoms with van der Waals surface area (Å²) in [6, 6.07) is 4.36. The molecular weight excluding hydrogens is 351 g/mol. The Morgan fingerprint density at radius 3 is 2.86 bits per heavy atom. The Hall–Kier alpha value is -1.98. The molecular formula is C15H17N2O4Se. The van der Waals surface area contributed by atoms with Crippen molar-refractivity contribution in [2.24, 2.45) is 4.99 Å². The van der Waals surface area contributed by atoms with Crippen molar-refractivity contribution in [1.82, 2.24) is 5.32 Å². The summed E-state index contributed by atoms with van der Waals surface area (Å²) < 4.78 is 10.8. The first-order valence-corrected chi connectivity index (χ1v) is 7.60. The zero-order chi connectivity index (χ0) is 16.3. The van der Waals surface area contributed by atoms with Gasteiger partial charge >= 0.3 is 137 Å². The summed E-state index contributed by atoms with van der Waals surface area (Å²) >= 11 is 2.81. The van der Waals surface area contributed by atoms with E-state index < -0.39 is 12.0 Å². The van der Waals surface area contributed by atoms with Crippen LogP contribution < -0.4 is 10.1 Å². The normalized spacial score (nSPS) is 17.6. The minimum absolute atomic E-state index is 0.0332. The van der Waals surface area contributed by atoms with E-state index in [1.807, 2.05) is 0 Å². The third-order valence-corrected chi connectivity index (χ3v) is 3.67. The zero-order valence-corrected chi connectivity index (χ0v) is 14.3. The van der Waals surface area contributed by atoms with Gasteiger partial charge in [-0.1, -0.05) is 0 Å². The second-order valence-electron chi connectivity index (χ2n) is 4.65. The fourth-order valence-corrected chi connectivity index (χ4v) is 2.77. The molecule has 22 heavy (non-hydrogen) atoms. The Kier molecular flexibility index (Phi) is 5.11. The van der Waals surface area contributed by atoms with Crippen LogP contribution in [-0.4, -0.2) is 45.5 Å². The number of allylic oxidation sites excluding steroid dienone is 1. The number of methoxy groups -OCH3 is 1. The van der Waals surface area contributed by atoms with Crippen LogP contribution in [0.15, 0.2) is 34.5 Å². The molecule has 0 saturated carbocycles. The van der Waals surface area contributed by atoms with Gasteiger partial charge in [0.2, 0.25) is 0 Å². The average molecular weight is 368 g/mol. The molecule has 1 aliphatic rings. The molecule has 1 heterocycles. The SMILES string of the molecule is CCOC(=O)C1=C(C)NC([Se])=NC1c1ccc(O)c(OC)c1. The Balaban J connectivity index is 2.49. The zero-order valence-electron chi connectivity index (χ0n) is 12.5. The number of carbonyl (C=O) groups excluding carboxylic acids is 1. The van der Waals surface area contributed by atoms with E-state index in [0.717, 1.165) is 5.56 Å². The molecule has 7 heteroatoms. The first-order chi connectivity index (χ1) is 10.5. The summed E-state index contributed by atoms with van der Waals surface area (Å²) in [4.78, 5) is 16.7. The fraction of sp³-hybridized carbons (Fsp3) is 0.333. The molecule has 0 bridgehead atoms. The van der Waals surface area contributed by atoms with Crippen molar-refractivity contribution in [3.8, 4) is 11.5 Å². The number of hydrogen-bond donors (Lipinski definition) is 2. The summed E-state index contributed by atoms with van der Waals surface area (Å²) in [5.74, 6) is -0.0552. The molecule has 1 atom stereocenters. The molecule has 1 aromatic carbocycles. The molecule has 1 radical (unpaired) electrons. The number of phenols is 1. The Morgan fingerprint density at radius 2 is 2.23 bits per heavy atom. The van der Waals surface area contributed by atoms with Gasteiger partial charge in [-0.15, -0.1) is 0 Å². The number of aromatic hydroxyl groups is 1. The molecule has 6 nitrogen and oxygen atoms in total. The van der Waals surface area contributed by atoms with Crippen molar-refractivity contribution in [2.75, 3.05) is 13.7 Å². The number of carbonyl (C=O) groups is 1. The predicted octanol–water partition coefficient (Wildman–Crippen LogP) is 1.41. The first-order valence-electron chi connectivity index (χ1n) is 6.74. The van der Waals surface area contributed by atoms with Gasteiger partial charge in [0.1, 0.15) is 0 Å². The van der Waals surface area contributed by atoms with Crippen LogP contribution >= 0.6 is 0 Å². The second kappa shape index (κ2) is 6.85. The van der Waals surface area contributed by atoms with Gasteiger partial charge in [0.25, 0.3) is 0 Å². The molecule has 1 aromatic rings. The third-order valence-electron chi connectivity index (χ3n) is 3.23. The van der Waals surface area contributed by atoms with Gasteiger partial charge < -0.3 is 0 Å². The van der Waals surface area contributed by atoms with Crippen molar-refractivity contribution in [3.05, 3.63) is 35.0 Å². The van der Waals surface area contributed by atoms with E-state index in [0.29, 0.717) is 21.8 Å². The van der Waals surface area contributed by atoms with Gasteiger partial charge in [0.05, 0.1) is 0 Å². The van der Waals surface area contributed by atoms with Crippen molar-refractivity contribution >= 4 is 26.7 Å². The number of benzene rings is 1. The maximum atomic E-state index is 12.2. The van der Waals surface area contributed by atoms with E-state index in [1.54, 1.807) is 26.0 Å². The Morgan fingerprint density at radius 1 is 1.50 bits per heavy atom. The predicted molar refractivity (Wildman–Crippen MR) is 83.1 cm³/mol. The van der Waals surface area contributed by atoms with Crippen LogP contribution in [-0.2, 0) is 9.53 Å². The first kappa shape index (κ1) is 16.4. The second-order valence-corrected chi connectivity index (χ2v) is 5.46. The molecule has 2 rings (SSSR count). The molecule has 0 saturated heterocycles. The van der Waals surface area contributed by atoms with Gasteiger partial charge in [0.15, 0.2) is 0 Å². The number of aliphatic imine (C=N–C) groups is 1. The van der Waals surface area contributed by atoms with Crippen molar-refractivity contribution < 1.29 is 19.4 Å². The van der Waals surface area contributed by atoms with Crippen LogP contribution in [0.25, 0.3) is 0 Å². The number of hydrogen-bond acceptors (Lipinski definition) is 6. The number of phenolic OH excluding ortho intramolecular Hbond substituents is 1. The molecule has 2 N–H and O–H groups in total. The molecule has 0 amide bonds. The van der Waals surface area contributed by atoms with Crippen LogP contribution in [0, 0.1) is 0 Å². The Bertz CT molecular complexity index is 655. The van der Waals surface area contributed by atoms with E-state index in [4.69, 9.17) is 9.47 Å². The van der Waals surface area contributed by atoms with E-state index in [-0.39, 0.29) is 12.4 Å². The van der Waals surface area contributed by atoms with E-state index in [9.17, 15) is 9.90 Å². The minimum atomic E-state index is -0.522. The Labute approximate surface area is 137 Å². The topological polar surface area (TPSA) is 80.2 Å². The number of amidine groups is 1. The van der Waals surface area contributed by atoms with Gasteiger partial charge in [0, 0.05) is 0 Å². The number of nitrogens with zero attached hydrogens (tertiary/aromatic N) is 1. The summed E-state index contributed by atoms with van der Waals surface area (Å²) in [7, 11) is 1.47. The molecule has 0 fully saturated rings. The number of ether oxygens (including phenoxy) is 2. The average Bonchev–Trinajstić information content (AvgIpc) is 2.47. The molecule has 1 aliphatic heterocycles. The summed E-state index contributed by atoms with van der Waals surface area (Å²) in [6.45, 7) is 3.84. The monoisotopic (exact) mass is 369 g/mol.